The second kappa shape index (κ2) is 10.8. The zero-order valence-electron chi connectivity index (χ0n) is 23.9. The average molecular weight is 578 g/mol. The van der Waals surface area contributed by atoms with Gasteiger partial charge in [0, 0.05) is 67.0 Å². The number of nitrogens with one attached hydrogen (secondary N) is 1. The molecule has 3 unspecified atom stereocenters. The fraction of sp³-hybridized carbons (Fsp3) is 0.294. The number of aryl methyl sites for hydroxylation is 1. The number of piperidine rings is 1. The molecule has 2 aromatic carbocycles. The minimum atomic E-state index is -0.319. The van der Waals surface area contributed by atoms with Gasteiger partial charge in [0.2, 0.25) is 0 Å². The molecule has 0 aliphatic carbocycles. The van der Waals surface area contributed by atoms with Gasteiger partial charge in [-0.05, 0) is 92.3 Å². The van der Waals surface area contributed by atoms with Crippen LogP contribution in [0.5, 0.6) is 0 Å². The molecule has 3 aliphatic rings. The van der Waals surface area contributed by atoms with Crippen molar-refractivity contribution in [1.29, 1.82) is 0 Å². The SMILES string of the molecule is CC1CCc2cc(F)ccc2N1C(=O)c1ccc(N2CC3CC(C2)c2cccc(=O)n2C3)c(NC(=O)c2cccnc2)c1. The van der Waals surface area contributed by atoms with Crippen molar-refractivity contribution in [2.45, 2.75) is 44.7 Å². The molecule has 2 aromatic heterocycles. The summed E-state index contributed by atoms with van der Waals surface area (Å²) in [5.41, 5.74) is 4.80. The molecule has 2 amide bonds. The maximum Gasteiger partial charge on any atom is 0.258 e. The summed E-state index contributed by atoms with van der Waals surface area (Å²) in [6.45, 7) is 4.07. The van der Waals surface area contributed by atoms with Crippen LogP contribution >= 0.6 is 0 Å². The van der Waals surface area contributed by atoms with Gasteiger partial charge in [0.15, 0.2) is 0 Å². The number of amides is 2. The van der Waals surface area contributed by atoms with Crippen LogP contribution in [0.15, 0.2) is 83.9 Å². The number of carbonyl (C=O) groups excluding carboxylic acids is 2. The molecule has 1 N–H and O–H groups in total. The highest BCUT2D eigenvalue weighted by atomic mass is 19.1. The summed E-state index contributed by atoms with van der Waals surface area (Å²) in [4.78, 5) is 48.0. The van der Waals surface area contributed by atoms with Crippen molar-refractivity contribution in [3.8, 4) is 0 Å². The maximum atomic E-state index is 14.0. The van der Waals surface area contributed by atoms with Crippen LogP contribution in [0.4, 0.5) is 21.5 Å². The third-order valence-electron chi connectivity index (χ3n) is 9.03. The van der Waals surface area contributed by atoms with E-state index in [0.717, 1.165) is 36.3 Å². The Hall–Kier alpha value is -4.79. The summed E-state index contributed by atoms with van der Waals surface area (Å²) < 4.78 is 15.9. The van der Waals surface area contributed by atoms with Gasteiger partial charge in [-0.15, -0.1) is 0 Å². The summed E-state index contributed by atoms with van der Waals surface area (Å²) in [5, 5.41) is 3.06. The lowest BCUT2D eigenvalue weighted by molar-refractivity contribution is 0.0973. The van der Waals surface area contributed by atoms with Crippen molar-refractivity contribution in [2.75, 3.05) is 28.2 Å². The molecule has 9 heteroatoms. The normalized spacial score (nSPS) is 20.7. The highest BCUT2D eigenvalue weighted by molar-refractivity contribution is 6.10. The van der Waals surface area contributed by atoms with Crippen LogP contribution in [-0.4, -0.2) is 40.5 Å². The maximum absolute atomic E-state index is 14.0. The summed E-state index contributed by atoms with van der Waals surface area (Å²) in [6.07, 6.45) is 5.55. The van der Waals surface area contributed by atoms with Crippen LogP contribution in [0.2, 0.25) is 0 Å². The number of carbonyl (C=O) groups is 2. The Morgan fingerprint density at radius 2 is 1.81 bits per heavy atom. The number of nitrogens with zero attached hydrogens (tertiary/aromatic N) is 4. The first-order valence-electron chi connectivity index (χ1n) is 14.8. The van der Waals surface area contributed by atoms with Crippen LogP contribution in [0.25, 0.3) is 0 Å². The number of hydrogen-bond acceptors (Lipinski definition) is 5. The Morgan fingerprint density at radius 1 is 0.953 bits per heavy atom. The molecule has 7 rings (SSSR count). The van der Waals surface area contributed by atoms with E-state index in [4.69, 9.17) is 0 Å². The van der Waals surface area contributed by atoms with Gasteiger partial charge < -0.3 is 19.7 Å². The molecular formula is C34H32FN5O3. The topological polar surface area (TPSA) is 87.5 Å². The molecule has 5 heterocycles. The van der Waals surface area contributed by atoms with Crippen molar-refractivity contribution in [3.63, 3.8) is 0 Å². The number of benzene rings is 2. The molecule has 1 fully saturated rings. The van der Waals surface area contributed by atoms with Crippen molar-refractivity contribution >= 4 is 28.9 Å². The van der Waals surface area contributed by atoms with Crippen LogP contribution in [0.1, 0.15) is 57.7 Å². The number of anilines is 3. The standard InChI is InChI=1S/C34H32FN5O3/c1-21-7-8-23-15-27(35)10-12-30(23)40(21)34(43)24-9-11-31(28(16-24)37-33(42)25-4-3-13-36-17-25)38-18-22-14-26(20-38)29-5-2-6-32(41)39(29)19-22/h2-6,9-13,15-17,21-22,26H,7-8,14,18-20H2,1H3,(H,37,42). The highest BCUT2D eigenvalue weighted by Gasteiger charge is 2.36. The van der Waals surface area contributed by atoms with E-state index in [1.165, 1.54) is 18.3 Å². The Bertz CT molecular complexity index is 1790. The van der Waals surface area contributed by atoms with E-state index in [1.54, 1.807) is 41.4 Å². The fourth-order valence-corrected chi connectivity index (χ4v) is 7.00. The fourth-order valence-electron chi connectivity index (χ4n) is 7.00. The zero-order valence-corrected chi connectivity index (χ0v) is 23.9. The van der Waals surface area contributed by atoms with Crippen LogP contribution in [0, 0.1) is 11.7 Å². The van der Waals surface area contributed by atoms with E-state index in [9.17, 15) is 18.8 Å². The second-order valence-corrected chi connectivity index (χ2v) is 11.9. The van der Waals surface area contributed by atoms with E-state index >= 15 is 0 Å². The summed E-state index contributed by atoms with van der Waals surface area (Å²) in [5.74, 6) is -0.381. The van der Waals surface area contributed by atoms with Gasteiger partial charge in [-0.25, -0.2) is 4.39 Å². The number of hydrogen-bond donors (Lipinski definition) is 1. The molecule has 0 saturated carbocycles. The Morgan fingerprint density at radius 3 is 2.65 bits per heavy atom. The lowest BCUT2D eigenvalue weighted by Gasteiger charge is -2.44. The van der Waals surface area contributed by atoms with Gasteiger partial charge in [-0.3, -0.25) is 19.4 Å². The van der Waals surface area contributed by atoms with E-state index < -0.39 is 0 Å². The lowest BCUT2D eigenvalue weighted by Crippen LogP contribution is -2.47. The Labute approximate surface area is 248 Å². The van der Waals surface area contributed by atoms with Crippen molar-refractivity contribution in [1.82, 2.24) is 9.55 Å². The van der Waals surface area contributed by atoms with Crippen LogP contribution in [-0.2, 0) is 13.0 Å². The first-order chi connectivity index (χ1) is 20.9. The molecule has 8 nitrogen and oxygen atoms in total. The minimum Gasteiger partial charge on any atom is -0.369 e. The second-order valence-electron chi connectivity index (χ2n) is 11.9. The van der Waals surface area contributed by atoms with E-state index in [0.29, 0.717) is 42.0 Å². The van der Waals surface area contributed by atoms with E-state index in [1.807, 2.05) is 35.8 Å². The number of fused-ring (bicyclic) bond motifs is 5. The molecule has 3 aliphatic heterocycles. The third-order valence-corrected chi connectivity index (χ3v) is 9.03. The number of pyridine rings is 2. The average Bonchev–Trinajstić information content (AvgIpc) is 3.01. The van der Waals surface area contributed by atoms with Crippen molar-refractivity contribution in [3.05, 3.63) is 118 Å². The van der Waals surface area contributed by atoms with Gasteiger partial charge in [0.1, 0.15) is 5.82 Å². The molecule has 0 radical (unpaired) electrons. The van der Waals surface area contributed by atoms with Gasteiger partial charge in [0.25, 0.3) is 17.4 Å². The molecule has 0 spiro atoms. The molecule has 43 heavy (non-hydrogen) atoms. The zero-order chi connectivity index (χ0) is 29.7. The lowest BCUT2D eigenvalue weighted by atomic mass is 9.83. The van der Waals surface area contributed by atoms with Gasteiger partial charge in [-0.1, -0.05) is 6.07 Å². The van der Waals surface area contributed by atoms with Crippen LogP contribution < -0.4 is 20.7 Å². The summed E-state index contributed by atoms with van der Waals surface area (Å²) in [7, 11) is 0. The number of rotatable bonds is 4. The summed E-state index contributed by atoms with van der Waals surface area (Å²) >= 11 is 0. The van der Waals surface area contributed by atoms with Gasteiger partial charge >= 0.3 is 0 Å². The van der Waals surface area contributed by atoms with Gasteiger partial charge in [-0.2, -0.15) is 0 Å². The number of halogens is 1. The van der Waals surface area contributed by atoms with Crippen molar-refractivity contribution in [2.24, 2.45) is 5.92 Å². The third kappa shape index (κ3) is 4.98. The molecule has 3 atom stereocenters. The first-order valence-corrected chi connectivity index (χ1v) is 14.8. The predicted molar refractivity (Wildman–Crippen MR) is 163 cm³/mol. The van der Waals surface area contributed by atoms with Crippen molar-refractivity contribution < 1.29 is 14.0 Å². The monoisotopic (exact) mass is 577 g/mol. The molecular weight excluding hydrogens is 545 g/mol. The largest absolute Gasteiger partial charge is 0.369 e. The Balaban J connectivity index is 1.25. The number of aromatic nitrogens is 2. The molecule has 1 saturated heterocycles. The molecule has 218 valence electrons. The molecule has 2 bridgehead atoms. The highest BCUT2D eigenvalue weighted by Crippen LogP contribution is 2.40. The quantitative estimate of drug-likeness (QED) is 0.359. The Kier molecular flexibility index (Phi) is 6.80. The van der Waals surface area contributed by atoms with E-state index in [2.05, 4.69) is 15.2 Å². The molecule has 4 aromatic rings. The minimum absolute atomic E-state index is 0.0317. The first kappa shape index (κ1) is 27.1. The van der Waals surface area contributed by atoms with Gasteiger partial charge in [0.05, 0.1) is 16.9 Å². The van der Waals surface area contributed by atoms with Crippen LogP contribution in [0.3, 0.4) is 0 Å². The smallest absolute Gasteiger partial charge is 0.258 e. The summed E-state index contributed by atoms with van der Waals surface area (Å²) in [6, 6.07) is 18.8. The predicted octanol–water partition coefficient (Wildman–Crippen LogP) is 5.24. The van der Waals surface area contributed by atoms with E-state index in [-0.39, 0.29) is 41.1 Å².